The molecule has 2 aromatic carbocycles. The molecule has 0 radical (unpaired) electrons. The molecule has 0 heterocycles. The van der Waals surface area contributed by atoms with Gasteiger partial charge in [-0.1, -0.05) is 41.4 Å². The van der Waals surface area contributed by atoms with Crippen molar-refractivity contribution in [1.82, 2.24) is 5.32 Å². The Morgan fingerprint density at radius 1 is 1.32 bits per heavy atom. The molecular weight excluding hydrogens is 470 g/mol. The first kappa shape index (κ1) is 22.1. The summed E-state index contributed by atoms with van der Waals surface area (Å²) in [6.07, 6.45) is 0. The second-order valence-corrected chi connectivity index (χ2v) is 7.91. The van der Waals surface area contributed by atoms with E-state index in [0.29, 0.717) is 34.0 Å². The maximum Gasteiger partial charge on any atom is 0.289 e. The minimum atomic E-state index is -0.602. The van der Waals surface area contributed by atoms with Crippen LogP contribution in [0.4, 0.5) is 11.4 Å². The summed E-state index contributed by atoms with van der Waals surface area (Å²) in [6, 6.07) is 9.22. The molecule has 1 amide bonds. The molecule has 0 aliphatic carbocycles. The molecule has 0 saturated carbocycles. The number of hydrogen-bond donors (Lipinski definition) is 2. The molecule has 2 rings (SSSR count). The number of ether oxygens (including phenoxy) is 1. The predicted molar refractivity (Wildman–Crippen MR) is 116 cm³/mol. The quantitative estimate of drug-likeness (QED) is 0.332. The highest BCUT2D eigenvalue weighted by Gasteiger charge is 2.17. The van der Waals surface area contributed by atoms with Crippen molar-refractivity contribution < 1.29 is 14.5 Å². The predicted octanol–water partition coefficient (Wildman–Crippen LogP) is 5.17. The number of benzene rings is 2. The van der Waals surface area contributed by atoms with E-state index in [9.17, 15) is 14.9 Å². The van der Waals surface area contributed by atoms with E-state index in [0.717, 1.165) is 0 Å². The molecule has 0 spiro atoms. The summed E-state index contributed by atoms with van der Waals surface area (Å²) in [5.74, 6) is 0.253. The number of carbonyl (C=O) groups excluding carboxylic acids is 1. The molecule has 28 heavy (non-hydrogen) atoms. The molecule has 0 atom stereocenters. The van der Waals surface area contributed by atoms with Crippen molar-refractivity contribution in [1.29, 1.82) is 0 Å². The van der Waals surface area contributed by atoms with Gasteiger partial charge in [-0.3, -0.25) is 20.2 Å². The van der Waals surface area contributed by atoms with Crippen molar-refractivity contribution in [3.05, 3.63) is 61.6 Å². The Morgan fingerprint density at radius 3 is 2.68 bits per heavy atom. The number of nitro benzene ring substituents is 1. The van der Waals surface area contributed by atoms with Gasteiger partial charge < -0.3 is 10.1 Å². The summed E-state index contributed by atoms with van der Waals surface area (Å²) in [4.78, 5) is 23.0. The number of nitrogens with one attached hydrogen (secondary N) is 2. The van der Waals surface area contributed by atoms with Gasteiger partial charge in [0.1, 0.15) is 10.8 Å². The molecule has 0 fully saturated rings. The van der Waals surface area contributed by atoms with Gasteiger partial charge >= 0.3 is 0 Å². The van der Waals surface area contributed by atoms with Gasteiger partial charge in [0.05, 0.1) is 17.1 Å². The van der Waals surface area contributed by atoms with E-state index in [-0.39, 0.29) is 15.8 Å². The number of anilines is 1. The molecule has 2 aromatic rings. The lowest BCUT2D eigenvalue weighted by molar-refractivity contribution is -0.384. The largest absolute Gasteiger partial charge is 0.492 e. The third-order valence-corrected chi connectivity index (χ3v) is 4.40. The first-order chi connectivity index (χ1) is 13.2. The van der Waals surface area contributed by atoms with Gasteiger partial charge in [0.25, 0.3) is 11.6 Å². The van der Waals surface area contributed by atoms with Crippen molar-refractivity contribution in [3.63, 3.8) is 0 Å². The van der Waals surface area contributed by atoms with Crippen molar-refractivity contribution in [2.75, 3.05) is 11.9 Å². The van der Waals surface area contributed by atoms with Gasteiger partial charge in [-0.25, -0.2) is 0 Å². The van der Waals surface area contributed by atoms with E-state index in [2.05, 4.69) is 26.6 Å². The van der Waals surface area contributed by atoms with Crippen LogP contribution >= 0.6 is 39.7 Å². The molecule has 0 aromatic heterocycles. The molecule has 10 heteroatoms. The highest BCUT2D eigenvalue weighted by atomic mass is 79.9. The van der Waals surface area contributed by atoms with Crippen LogP contribution in [0.25, 0.3) is 0 Å². The van der Waals surface area contributed by atoms with Gasteiger partial charge in [-0.05, 0) is 48.5 Å². The Kier molecular flexibility index (Phi) is 7.73. The van der Waals surface area contributed by atoms with Crippen molar-refractivity contribution >= 4 is 62.1 Å². The van der Waals surface area contributed by atoms with Crippen LogP contribution in [0.2, 0.25) is 5.02 Å². The van der Waals surface area contributed by atoms with Gasteiger partial charge in [-0.2, -0.15) is 0 Å². The summed E-state index contributed by atoms with van der Waals surface area (Å²) >= 11 is 14.3. The van der Waals surface area contributed by atoms with Crippen molar-refractivity contribution in [3.8, 4) is 5.75 Å². The molecule has 7 nitrogen and oxygen atoms in total. The number of carbonyl (C=O) groups is 1. The van der Waals surface area contributed by atoms with Gasteiger partial charge in [0.2, 0.25) is 0 Å². The van der Waals surface area contributed by atoms with Crippen LogP contribution in [0.1, 0.15) is 24.2 Å². The number of rotatable bonds is 6. The minimum absolute atomic E-state index is 0.00610. The fourth-order valence-corrected chi connectivity index (χ4v) is 2.88. The van der Waals surface area contributed by atoms with Crippen LogP contribution < -0.4 is 15.4 Å². The highest BCUT2D eigenvalue weighted by molar-refractivity contribution is 9.10. The first-order valence-corrected chi connectivity index (χ1v) is 9.74. The minimum Gasteiger partial charge on any atom is -0.492 e. The molecule has 2 N–H and O–H groups in total. The molecular formula is C18H17BrClN3O4S. The lowest BCUT2D eigenvalue weighted by atomic mass is 10.2. The molecule has 148 valence electrons. The van der Waals surface area contributed by atoms with E-state index in [1.807, 2.05) is 13.8 Å². The number of amides is 1. The van der Waals surface area contributed by atoms with Crippen molar-refractivity contribution in [2.24, 2.45) is 5.92 Å². The smallest absolute Gasteiger partial charge is 0.289 e. The van der Waals surface area contributed by atoms with Crippen LogP contribution in [0.3, 0.4) is 0 Å². The zero-order valence-corrected chi connectivity index (χ0v) is 18.2. The average molecular weight is 487 g/mol. The van der Waals surface area contributed by atoms with Crippen LogP contribution in [0.5, 0.6) is 5.75 Å². The fraction of sp³-hybridized carbons (Fsp3) is 0.222. The first-order valence-electron chi connectivity index (χ1n) is 8.16. The molecule has 0 aliphatic heterocycles. The number of halogens is 2. The third kappa shape index (κ3) is 6.15. The van der Waals surface area contributed by atoms with E-state index in [4.69, 9.17) is 28.6 Å². The molecule has 0 aliphatic rings. The SMILES string of the molecule is CC(C)COc1ccc(Br)cc1C(=O)NC(=S)Nc1ccc(Cl)c([N+](=O)[O-])c1. The fourth-order valence-electron chi connectivity index (χ4n) is 2.13. The zero-order chi connectivity index (χ0) is 20.8. The summed E-state index contributed by atoms with van der Waals surface area (Å²) in [6.45, 7) is 4.46. The average Bonchev–Trinajstić information content (AvgIpc) is 2.61. The second kappa shape index (κ2) is 9.81. The normalized spacial score (nSPS) is 10.5. The number of nitrogens with zero attached hydrogens (tertiary/aromatic N) is 1. The lowest BCUT2D eigenvalue weighted by Gasteiger charge is -2.14. The molecule has 0 unspecified atom stereocenters. The van der Waals surface area contributed by atoms with Gasteiger partial charge in [-0.15, -0.1) is 0 Å². The van der Waals surface area contributed by atoms with Crippen LogP contribution in [0.15, 0.2) is 40.9 Å². The van der Waals surface area contributed by atoms with E-state index in [1.165, 1.54) is 18.2 Å². The Balaban J connectivity index is 2.12. The summed E-state index contributed by atoms with van der Waals surface area (Å²) in [7, 11) is 0. The summed E-state index contributed by atoms with van der Waals surface area (Å²) < 4.78 is 6.40. The van der Waals surface area contributed by atoms with Crippen molar-refractivity contribution in [2.45, 2.75) is 13.8 Å². The maximum atomic E-state index is 12.6. The van der Waals surface area contributed by atoms with Crippen LogP contribution in [-0.4, -0.2) is 22.5 Å². The summed E-state index contributed by atoms with van der Waals surface area (Å²) in [5.41, 5.74) is 0.366. The standard InChI is InChI=1S/C18H17BrClN3O4S/c1-10(2)9-27-16-6-3-11(19)7-13(16)17(24)22-18(28)21-12-4-5-14(20)15(8-12)23(25)26/h3-8,10H,9H2,1-2H3,(H2,21,22,24,28). The molecule has 0 saturated heterocycles. The number of nitro groups is 1. The number of thiocarbonyl (C=S) groups is 1. The van der Waals surface area contributed by atoms with E-state index < -0.39 is 10.8 Å². The zero-order valence-electron chi connectivity index (χ0n) is 15.0. The van der Waals surface area contributed by atoms with E-state index >= 15 is 0 Å². The molecule has 0 bridgehead atoms. The third-order valence-electron chi connectivity index (χ3n) is 3.39. The second-order valence-electron chi connectivity index (χ2n) is 6.18. The summed E-state index contributed by atoms with van der Waals surface area (Å²) in [5, 5.41) is 16.2. The lowest BCUT2D eigenvalue weighted by Crippen LogP contribution is -2.34. The Hall–Kier alpha value is -2.23. The van der Waals surface area contributed by atoms with Gasteiger partial charge in [0, 0.05) is 16.2 Å². The van der Waals surface area contributed by atoms with Crippen LogP contribution in [0, 0.1) is 16.0 Å². The Bertz CT molecular complexity index is 924. The Labute approximate surface area is 180 Å². The van der Waals surface area contributed by atoms with Gasteiger partial charge in [0.15, 0.2) is 5.11 Å². The highest BCUT2D eigenvalue weighted by Crippen LogP contribution is 2.27. The maximum absolute atomic E-state index is 12.6. The Morgan fingerprint density at radius 2 is 2.04 bits per heavy atom. The number of hydrogen-bond acceptors (Lipinski definition) is 5. The van der Waals surface area contributed by atoms with E-state index in [1.54, 1.807) is 18.2 Å². The monoisotopic (exact) mass is 485 g/mol. The topological polar surface area (TPSA) is 93.5 Å². The van der Waals surface area contributed by atoms with Crippen LogP contribution in [-0.2, 0) is 0 Å².